The number of piperidine rings is 1. The molecular formula is C23H29NS. The van der Waals surface area contributed by atoms with Gasteiger partial charge in [0, 0.05) is 22.3 Å². The van der Waals surface area contributed by atoms with Crippen molar-refractivity contribution in [3.8, 4) is 0 Å². The van der Waals surface area contributed by atoms with Crippen LogP contribution >= 0.6 is 11.8 Å². The van der Waals surface area contributed by atoms with E-state index in [0.29, 0.717) is 5.92 Å². The Labute approximate surface area is 156 Å². The van der Waals surface area contributed by atoms with Crippen molar-refractivity contribution in [3.05, 3.63) is 59.7 Å². The number of benzene rings is 2. The summed E-state index contributed by atoms with van der Waals surface area (Å²) < 4.78 is 0. The summed E-state index contributed by atoms with van der Waals surface area (Å²) >= 11 is 1.94. The van der Waals surface area contributed by atoms with Crippen LogP contribution in [0.15, 0.2) is 58.3 Å². The first-order chi connectivity index (χ1) is 12.3. The third-order valence-corrected chi connectivity index (χ3v) is 7.07. The molecule has 2 heterocycles. The average Bonchev–Trinajstić information content (AvgIpc) is 2.64. The van der Waals surface area contributed by atoms with Crippen molar-refractivity contribution < 1.29 is 0 Å². The number of fused-ring (bicyclic) bond motifs is 2. The minimum atomic E-state index is 0.586. The van der Waals surface area contributed by atoms with E-state index in [1.54, 1.807) is 11.1 Å². The quantitative estimate of drug-likeness (QED) is 0.591. The zero-order valence-electron chi connectivity index (χ0n) is 15.3. The van der Waals surface area contributed by atoms with Crippen molar-refractivity contribution in [3.63, 3.8) is 0 Å². The van der Waals surface area contributed by atoms with Gasteiger partial charge in [-0.1, -0.05) is 61.0 Å². The molecule has 2 aromatic carbocycles. The molecule has 0 aromatic heterocycles. The monoisotopic (exact) mass is 351 g/mol. The maximum atomic E-state index is 2.51. The fourth-order valence-corrected chi connectivity index (χ4v) is 5.80. The molecule has 0 aliphatic carbocycles. The third-order valence-electron chi connectivity index (χ3n) is 5.89. The molecule has 25 heavy (non-hydrogen) atoms. The zero-order valence-corrected chi connectivity index (χ0v) is 16.1. The zero-order chi connectivity index (χ0) is 17.1. The Morgan fingerprint density at radius 2 is 1.56 bits per heavy atom. The van der Waals surface area contributed by atoms with Crippen molar-refractivity contribution in [2.75, 3.05) is 20.1 Å². The van der Waals surface area contributed by atoms with Crippen LogP contribution in [0.1, 0.15) is 55.6 Å². The first-order valence-electron chi connectivity index (χ1n) is 9.85. The Kier molecular flexibility index (Phi) is 5.48. The van der Waals surface area contributed by atoms with Gasteiger partial charge in [0.25, 0.3) is 0 Å². The number of likely N-dealkylation sites (tertiary alicyclic amines) is 1. The summed E-state index contributed by atoms with van der Waals surface area (Å²) in [5, 5.41) is 0. The summed E-state index contributed by atoms with van der Waals surface area (Å²) in [6, 6.07) is 18.0. The van der Waals surface area contributed by atoms with E-state index in [1.165, 1.54) is 61.4 Å². The molecule has 0 radical (unpaired) electrons. The van der Waals surface area contributed by atoms with Gasteiger partial charge in [0.1, 0.15) is 0 Å². The predicted octanol–water partition coefficient (Wildman–Crippen LogP) is 6.19. The van der Waals surface area contributed by atoms with Gasteiger partial charge >= 0.3 is 0 Å². The highest BCUT2D eigenvalue weighted by atomic mass is 32.2. The normalized spacial score (nSPS) is 20.9. The van der Waals surface area contributed by atoms with Gasteiger partial charge in [-0.15, -0.1) is 0 Å². The van der Waals surface area contributed by atoms with Crippen LogP contribution in [0.5, 0.6) is 0 Å². The fraction of sp³-hybridized carbons (Fsp3) is 0.478. The van der Waals surface area contributed by atoms with Crippen molar-refractivity contribution in [2.24, 2.45) is 5.92 Å². The maximum Gasteiger partial charge on any atom is 0.0160 e. The Bertz CT molecular complexity index is 665. The first kappa shape index (κ1) is 17.2. The molecule has 1 nitrogen and oxygen atoms in total. The number of hydrogen-bond acceptors (Lipinski definition) is 2. The summed E-state index contributed by atoms with van der Waals surface area (Å²) in [5.74, 6) is 1.52. The van der Waals surface area contributed by atoms with Crippen LogP contribution in [0.25, 0.3) is 0 Å². The lowest BCUT2D eigenvalue weighted by molar-refractivity contribution is 0.199. The molecule has 1 saturated heterocycles. The lowest BCUT2D eigenvalue weighted by atomic mass is 9.85. The fourth-order valence-electron chi connectivity index (χ4n) is 4.61. The topological polar surface area (TPSA) is 3.24 Å². The van der Waals surface area contributed by atoms with Gasteiger partial charge in [0.2, 0.25) is 0 Å². The minimum absolute atomic E-state index is 0.586. The predicted molar refractivity (Wildman–Crippen MR) is 108 cm³/mol. The Morgan fingerprint density at radius 3 is 2.24 bits per heavy atom. The molecule has 2 aromatic rings. The number of rotatable bonds is 5. The van der Waals surface area contributed by atoms with Gasteiger partial charge in [0.05, 0.1) is 0 Å². The third kappa shape index (κ3) is 3.96. The van der Waals surface area contributed by atoms with Crippen molar-refractivity contribution >= 4 is 11.8 Å². The molecule has 2 aliphatic rings. The summed E-state index contributed by atoms with van der Waals surface area (Å²) in [7, 11) is 2.28. The van der Waals surface area contributed by atoms with Crippen LogP contribution in [0, 0.1) is 5.92 Å². The summed E-state index contributed by atoms with van der Waals surface area (Å²) in [6.45, 7) is 2.61. The van der Waals surface area contributed by atoms with E-state index in [4.69, 9.17) is 0 Å². The van der Waals surface area contributed by atoms with Crippen LogP contribution in [0.3, 0.4) is 0 Å². The highest BCUT2D eigenvalue weighted by Crippen LogP contribution is 2.47. The van der Waals surface area contributed by atoms with Crippen LogP contribution in [-0.2, 0) is 0 Å². The molecular weight excluding hydrogens is 322 g/mol. The van der Waals surface area contributed by atoms with E-state index in [1.807, 2.05) is 11.8 Å². The second-order valence-electron chi connectivity index (χ2n) is 7.79. The second-order valence-corrected chi connectivity index (χ2v) is 8.87. The van der Waals surface area contributed by atoms with Crippen LogP contribution in [0.4, 0.5) is 0 Å². The average molecular weight is 352 g/mol. The Morgan fingerprint density at radius 1 is 0.920 bits per heavy atom. The molecule has 0 bridgehead atoms. The smallest absolute Gasteiger partial charge is 0.0160 e. The van der Waals surface area contributed by atoms with Gasteiger partial charge in [-0.2, -0.15) is 0 Å². The van der Waals surface area contributed by atoms with Crippen LogP contribution in [0.2, 0.25) is 0 Å². The molecule has 1 unspecified atom stereocenters. The molecule has 1 fully saturated rings. The lowest BCUT2D eigenvalue weighted by Gasteiger charge is -2.30. The molecule has 0 amide bonds. The van der Waals surface area contributed by atoms with Crippen LogP contribution in [-0.4, -0.2) is 25.0 Å². The lowest BCUT2D eigenvalue weighted by Crippen LogP contribution is -2.31. The van der Waals surface area contributed by atoms with E-state index in [-0.39, 0.29) is 0 Å². The van der Waals surface area contributed by atoms with Crippen LogP contribution < -0.4 is 0 Å². The van der Waals surface area contributed by atoms with E-state index < -0.39 is 0 Å². The summed E-state index contributed by atoms with van der Waals surface area (Å²) in [5.41, 5.74) is 3.09. The maximum absolute atomic E-state index is 2.51. The van der Waals surface area contributed by atoms with E-state index in [9.17, 15) is 0 Å². The summed E-state index contributed by atoms with van der Waals surface area (Å²) in [4.78, 5) is 5.43. The van der Waals surface area contributed by atoms with E-state index in [0.717, 1.165) is 5.92 Å². The van der Waals surface area contributed by atoms with Gasteiger partial charge in [-0.05, 0) is 68.5 Å². The second kappa shape index (κ2) is 7.97. The molecule has 132 valence electrons. The standard InChI is InChI=1S/C23H29NS/c1-24-16-8-10-18(17-24)9-2-3-11-19-20-12-4-6-14-22(20)25-23-15-7-5-13-21(19)23/h4-7,12-15,18-19H,2-3,8-11,16-17H2,1H3. The molecule has 0 spiro atoms. The van der Waals surface area contributed by atoms with Crippen molar-refractivity contribution in [1.82, 2.24) is 4.90 Å². The van der Waals surface area contributed by atoms with Crippen molar-refractivity contribution in [1.29, 1.82) is 0 Å². The molecule has 4 rings (SSSR count). The number of nitrogens with zero attached hydrogens (tertiary/aromatic N) is 1. The van der Waals surface area contributed by atoms with Gasteiger partial charge < -0.3 is 4.90 Å². The van der Waals surface area contributed by atoms with E-state index >= 15 is 0 Å². The largest absolute Gasteiger partial charge is 0.306 e. The first-order valence-corrected chi connectivity index (χ1v) is 10.7. The Hall–Kier alpha value is -1.25. The van der Waals surface area contributed by atoms with Gasteiger partial charge in [-0.3, -0.25) is 0 Å². The minimum Gasteiger partial charge on any atom is -0.306 e. The molecule has 0 N–H and O–H groups in total. The van der Waals surface area contributed by atoms with E-state index in [2.05, 4.69) is 60.5 Å². The highest BCUT2D eigenvalue weighted by molar-refractivity contribution is 7.99. The molecule has 2 aliphatic heterocycles. The Balaban J connectivity index is 1.40. The van der Waals surface area contributed by atoms with Crippen molar-refractivity contribution in [2.45, 2.75) is 54.2 Å². The number of hydrogen-bond donors (Lipinski definition) is 0. The molecule has 2 heteroatoms. The van der Waals surface area contributed by atoms with Gasteiger partial charge in [0.15, 0.2) is 0 Å². The number of unbranched alkanes of at least 4 members (excludes halogenated alkanes) is 1. The molecule has 0 saturated carbocycles. The summed E-state index contributed by atoms with van der Waals surface area (Å²) in [6.07, 6.45) is 8.26. The van der Waals surface area contributed by atoms with Gasteiger partial charge in [-0.25, -0.2) is 0 Å². The molecule has 1 atom stereocenters. The SMILES string of the molecule is CN1CCCC(CCCCC2c3ccccc3Sc3ccccc32)C1. The highest BCUT2D eigenvalue weighted by Gasteiger charge is 2.25.